The number of benzene rings is 2. The fourth-order valence-corrected chi connectivity index (χ4v) is 4.31. The molecule has 0 aliphatic rings. The number of rotatable bonds is 9. The molecule has 5 nitrogen and oxygen atoms in total. The third-order valence-corrected chi connectivity index (χ3v) is 5.74. The molecule has 1 atom stereocenters. The Labute approximate surface area is 143 Å². The van der Waals surface area contributed by atoms with Crippen LogP contribution in [0.4, 0.5) is 5.69 Å². The van der Waals surface area contributed by atoms with E-state index in [1.165, 1.54) is 0 Å². The van der Waals surface area contributed by atoms with Gasteiger partial charge in [0.25, 0.3) is 0 Å². The molecule has 0 fully saturated rings. The lowest BCUT2D eigenvalue weighted by Crippen LogP contribution is -2.15. The molecule has 24 heavy (non-hydrogen) atoms. The number of methoxy groups -OCH3 is 1. The highest BCUT2D eigenvalue weighted by molar-refractivity contribution is 7.54. The van der Waals surface area contributed by atoms with Crippen molar-refractivity contribution in [2.75, 3.05) is 25.6 Å². The van der Waals surface area contributed by atoms with Gasteiger partial charge in [0.05, 0.1) is 20.3 Å². The molecular formula is C18H24NO4P. The lowest BCUT2D eigenvalue weighted by Gasteiger charge is -2.28. The summed E-state index contributed by atoms with van der Waals surface area (Å²) in [4.78, 5) is 0. The van der Waals surface area contributed by atoms with E-state index in [0.717, 1.165) is 17.0 Å². The van der Waals surface area contributed by atoms with Crippen molar-refractivity contribution in [2.24, 2.45) is 0 Å². The number of hydrogen-bond acceptors (Lipinski definition) is 5. The molecule has 0 unspecified atom stereocenters. The van der Waals surface area contributed by atoms with Crippen LogP contribution in [0.25, 0.3) is 0 Å². The van der Waals surface area contributed by atoms with E-state index in [0.29, 0.717) is 13.2 Å². The summed E-state index contributed by atoms with van der Waals surface area (Å²) in [5, 5.41) is 3.29. The number of para-hydroxylation sites is 1. The predicted molar refractivity (Wildman–Crippen MR) is 96.7 cm³/mol. The first kappa shape index (κ1) is 18.5. The van der Waals surface area contributed by atoms with Crippen LogP contribution >= 0.6 is 7.60 Å². The van der Waals surface area contributed by atoms with Crippen LogP contribution in [0.15, 0.2) is 54.6 Å². The van der Waals surface area contributed by atoms with E-state index in [1.54, 1.807) is 21.0 Å². The van der Waals surface area contributed by atoms with E-state index in [-0.39, 0.29) is 0 Å². The average Bonchev–Trinajstić information content (AvgIpc) is 2.61. The minimum absolute atomic E-state index is 0.306. The highest BCUT2D eigenvalue weighted by Crippen LogP contribution is 2.60. The Morgan fingerprint density at radius 1 is 0.958 bits per heavy atom. The monoisotopic (exact) mass is 349 g/mol. The van der Waals surface area contributed by atoms with Crippen LogP contribution in [0.2, 0.25) is 0 Å². The van der Waals surface area contributed by atoms with Crippen LogP contribution in [0.3, 0.4) is 0 Å². The van der Waals surface area contributed by atoms with Gasteiger partial charge in [-0.15, -0.1) is 0 Å². The minimum atomic E-state index is -3.39. The summed E-state index contributed by atoms with van der Waals surface area (Å²) < 4.78 is 29.6. The molecule has 0 spiro atoms. The van der Waals surface area contributed by atoms with Gasteiger partial charge in [-0.05, 0) is 43.7 Å². The second kappa shape index (κ2) is 8.88. The van der Waals surface area contributed by atoms with Gasteiger partial charge in [0.15, 0.2) is 5.78 Å². The molecule has 1 N–H and O–H groups in total. The zero-order valence-corrected chi connectivity index (χ0v) is 15.2. The average molecular weight is 349 g/mol. The number of hydrogen-bond donors (Lipinski definition) is 1. The summed E-state index contributed by atoms with van der Waals surface area (Å²) >= 11 is 0. The van der Waals surface area contributed by atoms with Gasteiger partial charge in [-0.25, -0.2) is 0 Å². The molecule has 6 heteroatoms. The summed E-state index contributed by atoms with van der Waals surface area (Å²) in [5.74, 6) is 0.130. The van der Waals surface area contributed by atoms with Crippen molar-refractivity contribution in [3.05, 3.63) is 60.2 Å². The third kappa shape index (κ3) is 4.60. The smallest absolute Gasteiger partial charge is 0.357 e. The van der Waals surface area contributed by atoms with Gasteiger partial charge in [0, 0.05) is 5.69 Å². The normalized spacial score (nSPS) is 12.6. The lowest BCUT2D eigenvalue weighted by molar-refractivity contribution is 0.214. The number of nitrogens with one attached hydrogen (secondary N) is 1. The molecular weight excluding hydrogens is 325 g/mol. The van der Waals surface area contributed by atoms with E-state index < -0.39 is 13.4 Å². The Morgan fingerprint density at radius 2 is 1.54 bits per heavy atom. The summed E-state index contributed by atoms with van der Waals surface area (Å²) in [6.07, 6.45) is 0. The molecule has 2 rings (SSSR count). The highest BCUT2D eigenvalue weighted by atomic mass is 31.2. The fraction of sp³-hybridized carbons (Fsp3) is 0.333. The van der Waals surface area contributed by atoms with Gasteiger partial charge < -0.3 is 19.1 Å². The second-order valence-electron chi connectivity index (χ2n) is 5.06. The van der Waals surface area contributed by atoms with E-state index >= 15 is 0 Å². The van der Waals surface area contributed by atoms with Crippen molar-refractivity contribution in [1.29, 1.82) is 0 Å². The van der Waals surface area contributed by atoms with Gasteiger partial charge in [-0.2, -0.15) is 0 Å². The zero-order chi connectivity index (χ0) is 17.4. The van der Waals surface area contributed by atoms with Crippen LogP contribution in [-0.2, 0) is 13.6 Å². The summed E-state index contributed by atoms with van der Waals surface area (Å²) in [5.41, 5.74) is 1.66. The van der Waals surface area contributed by atoms with Crippen LogP contribution in [0.5, 0.6) is 5.75 Å². The van der Waals surface area contributed by atoms with E-state index in [9.17, 15) is 4.57 Å². The molecule has 130 valence electrons. The van der Waals surface area contributed by atoms with Gasteiger partial charge in [-0.3, -0.25) is 4.57 Å². The first-order valence-corrected chi connectivity index (χ1v) is 9.58. The molecule has 2 aromatic carbocycles. The van der Waals surface area contributed by atoms with E-state index in [4.69, 9.17) is 13.8 Å². The summed E-state index contributed by atoms with van der Waals surface area (Å²) in [6, 6.07) is 17.0. The van der Waals surface area contributed by atoms with Crippen LogP contribution in [0, 0.1) is 0 Å². The summed E-state index contributed by atoms with van der Waals surface area (Å²) in [7, 11) is -1.78. The largest absolute Gasteiger partial charge is 0.497 e. The second-order valence-corrected chi connectivity index (χ2v) is 7.17. The fourth-order valence-electron chi connectivity index (χ4n) is 2.37. The Balaban J connectivity index is 2.40. The van der Waals surface area contributed by atoms with Crippen molar-refractivity contribution in [3.63, 3.8) is 0 Å². The maximum Gasteiger partial charge on any atom is 0.357 e. The SMILES string of the molecule is CCOP(=O)(OCC)[C@@H](Nc1ccccc1)c1ccc(OC)cc1. The van der Waals surface area contributed by atoms with Crippen molar-refractivity contribution in [2.45, 2.75) is 19.6 Å². The Kier molecular flexibility index (Phi) is 6.85. The van der Waals surface area contributed by atoms with Crippen molar-refractivity contribution in [1.82, 2.24) is 0 Å². The molecule has 0 saturated carbocycles. The summed E-state index contributed by atoms with van der Waals surface area (Å²) in [6.45, 7) is 4.22. The molecule has 0 bridgehead atoms. The van der Waals surface area contributed by atoms with Crippen molar-refractivity contribution in [3.8, 4) is 5.75 Å². The van der Waals surface area contributed by atoms with Gasteiger partial charge in [0.1, 0.15) is 5.75 Å². The van der Waals surface area contributed by atoms with Gasteiger partial charge >= 0.3 is 7.60 Å². The quantitative estimate of drug-likeness (QED) is 0.640. The van der Waals surface area contributed by atoms with Crippen molar-refractivity contribution >= 4 is 13.3 Å². The van der Waals surface area contributed by atoms with Crippen LogP contribution < -0.4 is 10.1 Å². The highest BCUT2D eigenvalue weighted by Gasteiger charge is 2.37. The molecule has 0 aromatic heterocycles. The molecule has 2 aromatic rings. The van der Waals surface area contributed by atoms with E-state index in [1.807, 2.05) is 54.6 Å². The van der Waals surface area contributed by atoms with E-state index in [2.05, 4.69) is 5.32 Å². The Bertz CT molecular complexity index is 650. The first-order valence-electron chi connectivity index (χ1n) is 7.97. The van der Waals surface area contributed by atoms with Gasteiger partial charge in [-0.1, -0.05) is 30.3 Å². The molecule has 0 amide bonds. The molecule has 0 saturated heterocycles. The topological polar surface area (TPSA) is 56.8 Å². The number of anilines is 1. The lowest BCUT2D eigenvalue weighted by atomic mass is 10.2. The standard InChI is InChI=1S/C18H24NO4P/c1-4-22-24(20,23-5-2)18(19-16-9-7-6-8-10-16)15-11-13-17(21-3)14-12-15/h6-14,18-19H,4-5H2,1-3H3/t18-/m1/s1. The minimum Gasteiger partial charge on any atom is -0.497 e. The molecule has 0 aliphatic heterocycles. The Morgan fingerprint density at radius 3 is 2.04 bits per heavy atom. The van der Waals surface area contributed by atoms with Crippen molar-refractivity contribution < 1.29 is 18.3 Å². The maximum absolute atomic E-state index is 13.3. The first-order chi connectivity index (χ1) is 11.6. The zero-order valence-electron chi connectivity index (χ0n) is 14.3. The van der Waals surface area contributed by atoms with Crippen LogP contribution in [0.1, 0.15) is 25.2 Å². The third-order valence-electron chi connectivity index (χ3n) is 3.44. The number of ether oxygens (including phenoxy) is 1. The molecule has 0 radical (unpaired) electrons. The molecule has 0 heterocycles. The van der Waals surface area contributed by atoms with Gasteiger partial charge in [0.2, 0.25) is 0 Å². The van der Waals surface area contributed by atoms with Crippen LogP contribution in [-0.4, -0.2) is 20.3 Å². The maximum atomic E-state index is 13.3. The predicted octanol–water partition coefficient (Wildman–Crippen LogP) is 5.07. The molecule has 0 aliphatic carbocycles. The Hall–Kier alpha value is -1.81.